The molecule has 5 heteroatoms. The highest BCUT2D eigenvalue weighted by Gasteiger charge is 2.35. The van der Waals surface area contributed by atoms with Gasteiger partial charge in [-0.15, -0.1) is 0 Å². The molecule has 26 heavy (non-hydrogen) atoms. The van der Waals surface area contributed by atoms with E-state index in [2.05, 4.69) is 39.2 Å². The van der Waals surface area contributed by atoms with Gasteiger partial charge in [-0.1, -0.05) is 18.9 Å². The summed E-state index contributed by atoms with van der Waals surface area (Å²) in [7, 11) is 0. The Labute approximate surface area is 157 Å². The van der Waals surface area contributed by atoms with Crippen LogP contribution in [0.2, 0.25) is 0 Å². The molecule has 0 spiro atoms. The smallest absolute Gasteiger partial charge is 0.194 e. The first-order chi connectivity index (χ1) is 12.8. The van der Waals surface area contributed by atoms with E-state index in [9.17, 15) is 0 Å². The van der Waals surface area contributed by atoms with Crippen LogP contribution in [-0.4, -0.2) is 48.6 Å². The molecule has 0 radical (unpaired) electrons. The number of fused-ring (bicyclic) bond motifs is 1. The lowest BCUT2D eigenvalue weighted by Gasteiger charge is -2.22. The Hall–Kier alpha value is -1.78. The quantitative estimate of drug-likeness (QED) is 0.665. The molecular formula is C21H33N5. The van der Waals surface area contributed by atoms with E-state index < -0.39 is 0 Å². The lowest BCUT2D eigenvalue weighted by molar-refractivity contribution is 0.299. The first-order valence-electron chi connectivity index (χ1n) is 10.6. The van der Waals surface area contributed by atoms with Crippen molar-refractivity contribution in [2.45, 2.75) is 52.0 Å². The number of hydrogen-bond donors (Lipinski definition) is 1. The minimum Gasteiger partial charge on any atom is -0.357 e. The number of hydrogen-bond acceptors (Lipinski definition) is 3. The van der Waals surface area contributed by atoms with Crippen LogP contribution in [0, 0.1) is 11.8 Å². The number of anilines is 1. The molecule has 0 aromatic carbocycles. The molecule has 2 aliphatic heterocycles. The van der Waals surface area contributed by atoms with Crippen LogP contribution in [0.15, 0.2) is 23.3 Å². The van der Waals surface area contributed by atoms with Gasteiger partial charge in [0.15, 0.2) is 5.96 Å². The van der Waals surface area contributed by atoms with Crippen molar-refractivity contribution in [3.05, 3.63) is 23.9 Å². The molecule has 3 aliphatic rings. The first-order valence-corrected chi connectivity index (χ1v) is 10.6. The highest BCUT2D eigenvalue weighted by Crippen LogP contribution is 2.36. The van der Waals surface area contributed by atoms with Crippen LogP contribution in [0.25, 0.3) is 0 Å². The fourth-order valence-electron chi connectivity index (χ4n) is 4.81. The van der Waals surface area contributed by atoms with Crippen molar-refractivity contribution >= 4 is 11.8 Å². The average molecular weight is 356 g/mol. The molecule has 2 saturated heterocycles. The fourth-order valence-corrected chi connectivity index (χ4v) is 4.81. The average Bonchev–Trinajstić information content (AvgIpc) is 3.35. The molecule has 1 N–H and O–H groups in total. The third-order valence-corrected chi connectivity index (χ3v) is 6.26. The predicted octanol–water partition coefficient (Wildman–Crippen LogP) is 3.27. The van der Waals surface area contributed by atoms with Crippen molar-refractivity contribution in [3.63, 3.8) is 0 Å². The van der Waals surface area contributed by atoms with E-state index in [0.717, 1.165) is 43.2 Å². The van der Waals surface area contributed by atoms with E-state index in [1.54, 1.807) is 0 Å². The summed E-state index contributed by atoms with van der Waals surface area (Å²) in [5.74, 6) is 3.97. The lowest BCUT2D eigenvalue weighted by atomic mass is 9.82. The van der Waals surface area contributed by atoms with Gasteiger partial charge < -0.3 is 15.1 Å². The number of aliphatic imine (C=N–C) groups is 1. The van der Waals surface area contributed by atoms with Crippen molar-refractivity contribution < 1.29 is 0 Å². The number of aromatic nitrogens is 1. The second-order valence-corrected chi connectivity index (χ2v) is 8.10. The normalized spacial score (nSPS) is 26.3. The van der Waals surface area contributed by atoms with Crippen molar-refractivity contribution in [1.82, 2.24) is 15.2 Å². The Kier molecular flexibility index (Phi) is 5.61. The Balaban J connectivity index is 1.39. The van der Waals surface area contributed by atoms with Crippen LogP contribution >= 0.6 is 0 Å². The molecule has 3 heterocycles. The second kappa shape index (κ2) is 8.28. The van der Waals surface area contributed by atoms with E-state index in [1.165, 1.54) is 57.2 Å². The molecule has 1 saturated carbocycles. The molecule has 3 fully saturated rings. The summed E-state index contributed by atoms with van der Waals surface area (Å²) in [6.45, 7) is 8.45. The second-order valence-electron chi connectivity index (χ2n) is 8.10. The maximum Gasteiger partial charge on any atom is 0.194 e. The molecule has 142 valence electrons. The standard InChI is InChI=1S/C21H33N5/c1-2-22-21(26-15-18-7-3-4-8-19(18)16-26)24-14-17-9-10-20(23-13-17)25-11-5-6-12-25/h9-10,13,18-19H,2-8,11-12,14-16H2,1H3,(H,22,24). The maximum atomic E-state index is 4.93. The zero-order chi connectivity index (χ0) is 17.8. The van der Waals surface area contributed by atoms with Gasteiger partial charge in [-0.2, -0.15) is 0 Å². The van der Waals surface area contributed by atoms with Gasteiger partial charge >= 0.3 is 0 Å². The van der Waals surface area contributed by atoms with Gasteiger partial charge in [0.25, 0.3) is 0 Å². The van der Waals surface area contributed by atoms with Crippen LogP contribution in [0.1, 0.15) is 51.0 Å². The van der Waals surface area contributed by atoms with Crippen LogP contribution < -0.4 is 10.2 Å². The number of rotatable bonds is 4. The number of nitrogens with zero attached hydrogens (tertiary/aromatic N) is 4. The van der Waals surface area contributed by atoms with E-state index >= 15 is 0 Å². The summed E-state index contributed by atoms with van der Waals surface area (Å²) in [6, 6.07) is 4.35. The van der Waals surface area contributed by atoms with Crippen molar-refractivity contribution in [2.24, 2.45) is 16.8 Å². The lowest BCUT2D eigenvalue weighted by Crippen LogP contribution is -2.40. The summed E-state index contributed by atoms with van der Waals surface area (Å²) in [6.07, 6.45) is 10.2. The molecule has 1 aromatic rings. The zero-order valence-corrected chi connectivity index (χ0v) is 16.2. The molecular weight excluding hydrogens is 322 g/mol. The SMILES string of the molecule is CCNC(=NCc1ccc(N2CCCC2)nc1)N1CC2CCCCC2C1. The molecule has 2 unspecified atom stereocenters. The number of nitrogens with one attached hydrogen (secondary N) is 1. The number of guanidine groups is 1. The van der Waals surface area contributed by atoms with Gasteiger partial charge in [-0.25, -0.2) is 9.98 Å². The molecule has 0 bridgehead atoms. The Morgan fingerprint density at radius 1 is 1.12 bits per heavy atom. The van der Waals surface area contributed by atoms with Crippen molar-refractivity contribution in [1.29, 1.82) is 0 Å². The van der Waals surface area contributed by atoms with E-state index in [-0.39, 0.29) is 0 Å². The van der Waals surface area contributed by atoms with Gasteiger partial charge in [0.05, 0.1) is 6.54 Å². The monoisotopic (exact) mass is 355 g/mol. The Morgan fingerprint density at radius 3 is 2.46 bits per heavy atom. The summed E-state index contributed by atoms with van der Waals surface area (Å²) < 4.78 is 0. The minimum atomic E-state index is 0.710. The largest absolute Gasteiger partial charge is 0.357 e. The summed E-state index contributed by atoms with van der Waals surface area (Å²) in [5.41, 5.74) is 1.19. The topological polar surface area (TPSA) is 43.8 Å². The number of likely N-dealkylation sites (tertiary alicyclic amines) is 1. The Bertz CT molecular complexity index is 591. The van der Waals surface area contributed by atoms with Crippen molar-refractivity contribution in [2.75, 3.05) is 37.6 Å². The van der Waals surface area contributed by atoms with Gasteiger partial charge in [0.2, 0.25) is 0 Å². The van der Waals surface area contributed by atoms with E-state index in [0.29, 0.717) is 6.54 Å². The molecule has 5 nitrogen and oxygen atoms in total. The van der Waals surface area contributed by atoms with Crippen LogP contribution in [-0.2, 0) is 6.54 Å². The predicted molar refractivity (Wildman–Crippen MR) is 108 cm³/mol. The molecule has 0 amide bonds. The van der Waals surface area contributed by atoms with Crippen LogP contribution in [0.3, 0.4) is 0 Å². The third-order valence-electron chi connectivity index (χ3n) is 6.26. The summed E-state index contributed by atoms with van der Waals surface area (Å²) >= 11 is 0. The third kappa shape index (κ3) is 3.97. The van der Waals surface area contributed by atoms with Gasteiger partial charge in [0.1, 0.15) is 5.82 Å². The van der Waals surface area contributed by atoms with Crippen LogP contribution in [0.5, 0.6) is 0 Å². The Morgan fingerprint density at radius 2 is 1.85 bits per heavy atom. The molecule has 2 atom stereocenters. The summed E-state index contributed by atoms with van der Waals surface area (Å²) in [5, 5.41) is 3.51. The summed E-state index contributed by atoms with van der Waals surface area (Å²) in [4.78, 5) is 14.5. The van der Waals surface area contributed by atoms with Crippen molar-refractivity contribution in [3.8, 4) is 0 Å². The van der Waals surface area contributed by atoms with Gasteiger partial charge in [0, 0.05) is 38.9 Å². The molecule has 4 rings (SSSR count). The highest BCUT2D eigenvalue weighted by atomic mass is 15.3. The minimum absolute atomic E-state index is 0.710. The first kappa shape index (κ1) is 17.6. The van der Waals surface area contributed by atoms with E-state index in [1.807, 2.05) is 6.20 Å². The number of pyridine rings is 1. The highest BCUT2D eigenvalue weighted by molar-refractivity contribution is 5.80. The van der Waals surface area contributed by atoms with Gasteiger partial charge in [-0.3, -0.25) is 0 Å². The van der Waals surface area contributed by atoms with Gasteiger partial charge in [-0.05, 0) is 56.1 Å². The van der Waals surface area contributed by atoms with E-state index in [4.69, 9.17) is 4.99 Å². The zero-order valence-electron chi connectivity index (χ0n) is 16.2. The molecule has 1 aromatic heterocycles. The molecule has 1 aliphatic carbocycles. The fraction of sp³-hybridized carbons (Fsp3) is 0.714. The van der Waals surface area contributed by atoms with Crippen LogP contribution in [0.4, 0.5) is 5.82 Å². The maximum absolute atomic E-state index is 4.93.